The summed E-state index contributed by atoms with van der Waals surface area (Å²) >= 11 is 4.37. The van der Waals surface area contributed by atoms with Gasteiger partial charge in [0.25, 0.3) is 15.9 Å². The fraction of sp³-hybridized carbons (Fsp3) is 0.105. The minimum absolute atomic E-state index is 0.206. The first-order chi connectivity index (χ1) is 13.4. The molecule has 2 aromatic carbocycles. The molecule has 6 nitrogen and oxygen atoms in total. The van der Waals surface area contributed by atoms with E-state index in [1.54, 1.807) is 37.4 Å². The number of rotatable bonds is 7. The molecule has 0 spiro atoms. The van der Waals surface area contributed by atoms with Crippen LogP contribution in [-0.2, 0) is 16.6 Å². The summed E-state index contributed by atoms with van der Waals surface area (Å²) < 4.78 is 33.4. The number of benzene rings is 2. The summed E-state index contributed by atoms with van der Waals surface area (Å²) in [5.74, 6) is 0.440. The SMILES string of the molecule is COc1ccccc1CNC(=O)c1ccc(NS(=O)(=O)c2ccc(Br)s2)cc1. The van der Waals surface area contributed by atoms with E-state index in [1.165, 1.54) is 6.07 Å². The van der Waals surface area contributed by atoms with Gasteiger partial charge >= 0.3 is 0 Å². The van der Waals surface area contributed by atoms with Crippen molar-refractivity contribution in [2.45, 2.75) is 10.8 Å². The van der Waals surface area contributed by atoms with Crippen LogP contribution in [0.2, 0.25) is 0 Å². The Morgan fingerprint density at radius 3 is 2.43 bits per heavy atom. The smallest absolute Gasteiger partial charge is 0.271 e. The molecule has 0 aliphatic rings. The normalized spacial score (nSPS) is 11.1. The minimum Gasteiger partial charge on any atom is -0.496 e. The Morgan fingerprint density at radius 1 is 1.07 bits per heavy atom. The van der Waals surface area contributed by atoms with Gasteiger partial charge in [-0.3, -0.25) is 9.52 Å². The van der Waals surface area contributed by atoms with Gasteiger partial charge in [0.1, 0.15) is 9.96 Å². The molecule has 0 radical (unpaired) electrons. The zero-order valence-electron chi connectivity index (χ0n) is 14.8. The molecule has 146 valence electrons. The number of amides is 1. The first-order valence-corrected chi connectivity index (χ1v) is 11.3. The lowest BCUT2D eigenvalue weighted by molar-refractivity contribution is 0.0950. The van der Waals surface area contributed by atoms with Gasteiger partial charge in [-0.1, -0.05) is 18.2 Å². The van der Waals surface area contributed by atoms with Crippen molar-refractivity contribution in [2.24, 2.45) is 0 Å². The van der Waals surface area contributed by atoms with Crippen LogP contribution < -0.4 is 14.8 Å². The van der Waals surface area contributed by atoms with Crippen LogP contribution in [0, 0.1) is 0 Å². The molecule has 1 heterocycles. The van der Waals surface area contributed by atoms with E-state index in [0.29, 0.717) is 23.5 Å². The van der Waals surface area contributed by atoms with E-state index in [9.17, 15) is 13.2 Å². The molecule has 0 atom stereocenters. The Labute approximate surface area is 175 Å². The molecular formula is C19H17BrN2O4S2. The summed E-state index contributed by atoms with van der Waals surface area (Å²) in [5.41, 5.74) is 1.67. The number of carbonyl (C=O) groups excluding carboxylic acids is 1. The van der Waals surface area contributed by atoms with Gasteiger partial charge in [0.05, 0.1) is 10.9 Å². The molecule has 1 amide bonds. The minimum atomic E-state index is -3.66. The highest BCUT2D eigenvalue weighted by Gasteiger charge is 2.17. The molecule has 0 bridgehead atoms. The van der Waals surface area contributed by atoms with Crippen LogP contribution >= 0.6 is 27.3 Å². The maximum atomic E-state index is 12.3. The third-order valence-electron chi connectivity index (χ3n) is 3.84. The van der Waals surface area contributed by atoms with Crippen molar-refractivity contribution in [1.29, 1.82) is 0 Å². The Balaban J connectivity index is 1.64. The second-order valence-electron chi connectivity index (χ2n) is 5.74. The van der Waals surface area contributed by atoms with Gasteiger partial charge in [-0.15, -0.1) is 11.3 Å². The molecule has 1 aromatic heterocycles. The standard InChI is InChI=1S/C19H17BrN2O4S2/c1-26-16-5-3-2-4-14(16)12-21-19(23)13-6-8-15(9-7-13)22-28(24,25)18-11-10-17(20)27-18/h2-11,22H,12H2,1H3,(H,21,23). The molecular weight excluding hydrogens is 464 g/mol. The number of halogens is 1. The summed E-state index contributed by atoms with van der Waals surface area (Å²) in [7, 11) is -2.08. The summed E-state index contributed by atoms with van der Waals surface area (Å²) in [6.07, 6.45) is 0. The van der Waals surface area contributed by atoms with Gasteiger partial charge in [-0.05, 0) is 58.4 Å². The van der Waals surface area contributed by atoms with Crippen molar-refractivity contribution < 1.29 is 17.9 Å². The van der Waals surface area contributed by atoms with Gasteiger partial charge < -0.3 is 10.1 Å². The van der Waals surface area contributed by atoms with Gasteiger partial charge in [0, 0.05) is 23.4 Å². The maximum Gasteiger partial charge on any atom is 0.271 e. The Bertz CT molecular complexity index is 1080. The largest absolute Gasteiger partial charge is 0.496 e. The molecule has 9 heteroatoms. The number of anilines is 1. The fourth-order valence-electron chi connectivity index (χ4n) is 2.46. The Morgan fingerprint density at radius 2 is 1.79 bits per heavy atom. The molecule has 0 aliphatic carbocycles. The molecule has 3 rings (SSSR count). The second kappa shape index (κ2) is 8.76. The van der Waals surface area contributed by atoms with E-state index >= 15 is 0 Å². The van der Waals surface area contributed by atoms with Crippen LogP contribution in [0.4, 0.5) is 5.69 Å². The molecule has 3 aromatic rings. The van der Waals surface area contributed by atoms with Crippen LogP contribution in [0.1, 0.15) is 15.9 Å². The van der Waals surface area contributed by atoms with E-state index in [2.05, 4.69) is 26.0 Å². The zero-order chi connectivity index (χ0) is 20.1. The third-order valence-corrected chi connectivity index (χ3v) is 7.34. The van der Waals surface area contributed by atoms with E-state index in [0.717, 1.165) is 20.7 Å². The van der Waals surface area contributed by atoms with Gasteiger partial charge in [0.15, 0.2) is 0 Å². The van der Waals surface area contributed by atoms with E-state index in [1.807, 2.05) is 24.3 Å². The lowest BCUT2D eigenvalue weighted by Gasteiger charge is -2.10. The quantitative estimate of drug-likeness (QED) is 0.529. The van der Waals surface area contributed by atoms with Crippen molar-refractivity contribution in [2.75, 3.05) is 11.8 Å². The zero-order valence-corrected chi connectivity index (χ0v) is 18.0. The van der Waals surface area contributed by atoms with Crippen LogP contribution in [-0.4, -0.2) is 21.4 Å². The van der Waals surface area contributed by atoms with Crippen LogP contribution in [0.25, 0.3) is 0 Å². The van der Waals surface area contributed by atoms with Crippen LogP contribution in [0.3, 0.4) is 0 Å². The maximum absolute atomic E-state index is 12.3. The van der Waals surface area contributed by atoms with Crippen molar-refractivity contribution in [3.8, 4) is 5.75 Å². The average molecular weight is 481 g/mol. The molecule has 0 saturated carbocycles. The summed E-state index contributed by atoms with van der Waals surface area (Å²) in [4.78, 5) is 12.3. The lowest BCUT2D eigenvalue weighted by Crippen LogP contribution is -2.23. The van der Waals surface area contributed by atoms with E-state index < -0.39 is 10.0 Å². The van der Waals surface area contributed by atoms with Crippen molar-refractivity contribution in [1.82, 2.24) is 5.32 Å². The highest BCUT2D eigenvalue weighted by molar-refractivity contribution is 9.11. The second-order valence-corrected chi connectivity index (χ2v) is 10.1. The van der Waals surface area contributed by atoms with Crippen LogP contribution in [0.5, 0.6) is 5.75 Å². The first-order valence-electron chi connectivity index (χ1n) is 8.17. The predicted molar refractivity (Wildman–Crippen MR) is 113 cm³/mol. The molecule has 0 fully saturated rings. The van der Waals surface area contributed by atoms with E-state index in [4.69, 9.17) is 4.74 Å². The predicted octanol–water partition coefficient (Wildman–Crippen LogP) is 4.25. The first kappa shape index (κ1) is 20.4. The molecule has 28 heavy (non-hydrogen) atoms. The number of hydrogen-bond acceptors (Lipinski definition) is 5. The van der Waals surface area contributed by atoms with Crippen molar-refractivity contribution >= 4 is 48.9 Å². The number of carbonyl (C=O) groups is 1. The average Bonchev–Trinajstić information content (AvgIpc) is 3.14. The van der Waals surface area contributed by atoms with Crippen molar-refractivity contribution in [3.05, 3.63) is 75.6 Å². The summed E-state index contributed by atoms with van der Waals surface area (Å²) in [6.45, 7) is 0.324. The Hall–Kier alpha value is -2.36. The third kappa shape index (κ3) is 4.92. The molecule has 0 saturated heterocycles. The monoisotopic (exact) mass is 480 g/mol. The molecule has 0 aliphatic heterocycles. The van der Waals surface area contributed by atoms with Gasteiger partial charge in [0.2, 0.25) is 0 Å². The lowest BCUT2D eigenvalue weighted by atomic mass is 10.1. The van der Waals surface area contributed by atoms with Crippen LogP contribution in [0.15, 0.2) is 68.7 Å². The summed E-state index contributed by atoms with van der Waals surface area (Å²) in [6, 6.07) is 16.9. The topological polar surface area (TPSA) is 84.5 Å². The highest BCUT2D eigenvalue weighted by atomic mass is 79.9. The number of hydrogen-bond donors (Lipinski definition) is 2. The number of nitrogens with one attached hydrogen (secondary N) is 2. The number of thiophene rings is 1. The summed E-state index contributed by atoms with van der Waals surface area (Å²) in [5, 5.41) is 2.83. The number of methoxy groups -OCH3 is 1. The number of para-hydroxylation sites is 1. The fourth-order valence-corrected chi connectivity index (χ4v) is 5.53. The van der Waals surface area contributed by atoms with E-state index in [-0.39, 0.29) is 10.1 Å². The number of ether oxygens (including phenoxy) is 1. The number of sulfonamides is 1. The highest BCUT2D eigenvalue weighted by Crippen LogP contribution is 2.27. The van der Waals surface area contributed by atoms with Gasteiger partial charge in [-0.25, -0.2) is 8.42 Å². The van der Waals surface area contributed by atoms with Gasteiger partial charge in [-0.2, -0.15) is 0 Å². The van der Waals surface area contributed by atoms with Crippen molar-refractivity contribution in [3.63, 3.8) is 0 Å². The molecule has 2 N–H and O–H groups in total. The molecule has 0 unspecified atom stereocenters. The Kier molecular flexibility index (Phi) is 6.38.